The van der Waals surface area contributed by atoms with Crippen LogP contribution in [0.3, 0.4) is 0 Å². The van der Waals surface area contributed by atoms with E-state index in [1.165, 1.54) is 0 Å². The summed E-state index contributed by atoms with van der Waals surface area (Å²) in [5, 5.41) is 9.36. The molecule has 15 heavy (non-hydrogen) atoms. The summed E-state index contributed by atoms with van der Waals surface area (Å²) < 4.78 is 16.9. The standard InChI is InChI=1S/C11H22O4/c1-8(2)9-6-14-10(3,7-12)11(4,13-5)15-9/h8-9,12H,6-7H2,1-5H3. The van der Waals surface area contributed by atoms with Gasteiger partial charge in [-0.25, -0.2) is 0 Å². The van der Waals surface area contributed by atoms with E-state index in [2.05, 4.69) is 13.8 Å². The van der Waals surface area contributed by atoms with E-state index in [1.54, 1.807) is 21.0 Å². The van der Waals surface area contributed by atoms with E-state index in [1.807, 2.05) is 0 Å². The molecule has 1 N–H and O–H groups in total. The van der Waals surface area contributed by atoms with Crippen molar-refractivity contribution in [1.29, 1.82) is 0 Å². The Kier molecular flexibility index (Phi) is 3.76. The highest BCUT2D eigenvalue weighted by molar-refractivity contribution is 4.94. The fraction of sp³-hybridized carbons (Fsp3) is 1.00. The number of ether oxygens (including phenoxy) is 3. The van der Waals surface area contributed by atoms with Crippen molar-refractivity contribution in [2.75, 3.05) is 20.3 Å². The molecule has 90 valence electrons. The zero-order chi connectivity index (χ0) is 11.7. The summed E-state index contributed by atoms with van der Waals surface area (Å²) in [6.45, 7) is 8.12. The van der Waals surface area contributed by atoms with E-state index in [4.69, 9.17) is 14.2 Å². The lowest BCUT2D eigenvalue weighted by Crippen LogP contribution is -2.63. The molecule has 0 radical (unpaired) electrons. The van der Waals surface area contributed by atoms with Crippen molar-refractivity contribution >= 4 is 0 Å². The van der Waals surface area contributed by atoms with Crippen LogP contribution in [-0.2, 0) is 14.2 Å². The summed E-state index contributed by atoms with van der Waals surface area (Å²) in [4.78, 5) is 0. The third kappa shape index (κ3) is 2.18. The van der Waals surface area contributed by atoms with E-state index in [0.717, 1.165) is 0 Å². The Balaban J connectivity index is 2.84. The predicted octanol–water partition coefficient (Wildman–Crippen LogP) is 1.17. The molecule has 1 fully saturated rings. The molecule has 0 aromatic heterocycles. The monoisotopic (exact) mass is 218 g/mol. The second kappa shape index (κ2) is 4.37. The van der Waals surface area contributed by atoms with Crippen LogP contribution >= 0.6 is 0 Å². The molecule has 1 rings (SSSR count). The maximum atomic E-state index is 9.36. The van der Waals surface area contributed by atoms with Gasteiger partial charge in [-0.05, 0) is 19.8 Å². The third-order valence-corrected chi connectivity index (χ3v) is 3.34. The Hall–Kier alpha value is -0.160. The van der Waals surface area contributed by atoms with Gasteiger partial charge in [0, 0.05) is 7.11 Å². The highest BCUT2D eigenvalue weighted by Gasteiger charge is 2.52. The topological polar surface area (TPSA) is 47.9 Å². The summed E-state index contributed by atoms with van der Waals surface area (Å²) >= 11 is 0. The molecule has 1 saturated heterocycles. The molecule has 0 spiro atoms. The Labute approximate surface area is 91.5 Å². The van der Waals surface area contributed by atoms with Crippen molar-refractivity contribution in [3.63, 3.8) is 0 Å². The van der Waals surface area contributed by atoms with Gasteiger partial charge in [-0.2, -0.15) is 0 Å². The fourth-order valence-corrected chi connectivity index (χ4v) is 1.63. The van der Waals surface area contributed by atoms with Crippen LogP contribution in [0.1, 0.15) is 27.7 Å². The van der Waals surface area contributed by atoms with Crippen molar-refractivity contribution in [3.05, 3.63) is 0 Å². The van der Waals surface area contributed by atoms with Gasteiger partial charge in [-0.15, -0.1) is 0 Å². The highest BCUT2D eigenvalue weighted by Crippen LogP contribution is 2.37. The molecule has 0 saturated carbocycles. The van der Waals surface area contributed by atoms with Gasteiger partial charge in [0.25, 0.3) is 0 Å². The van der Waals surface area contributed by atoms with Crippen LogP contribution in [0.5, 0.6) is 0 Å². The number of hydrogen-bond donors (Lipinski definition) is 1. The summed E-state index contributed by atoms with van der Waals surface area (Å²) in [5.74, 6) is -0.530. The number of methoxy groups -OCH3 is 1. The Morgan fingerprint density at radius 3 is 2.47 bits per heavy atom. The first kappa shape index (κ1) is 12.9. The van der Waals surface area contributed by atoms with Gasteiger partial charge in [-0.3, -0.25) is 0 Å². The van der Waals surface area contributed by atoms with Crippen molar-refractivity contribution in [1.82, 2.24) is 0 Å². The number of hydrogen-bond acceptors (Lipinski definition) is 4. The Morgan fingerprint density at radius 1 is 1.47 bits per heavy atom. The van der Waals surface area contributed by atoms with Crippen LogP contribution in [-0.4, -0.2) is 42.9 Å². The minimum Gasteiger partial charge on any atom is -0.393 e. The maximum Gasteiger partial charge on any atom is 0.196 e. The molecular weight excluding hydrogens is 196 g/mol. The van der Waals surface area contributed by atoms with Crippen LogP contribution < -0.4 is 0 Å². The lowest BCUT2D eigenvalue weighted by Gasteiger charge is -2.50. The van der Waals surface area contributed by atoms with E-state index in [-0.39, 0.29) is 12.7 Å². The zero-order valence-corrected chi connectivity index (χ0v) is 10.2. The summed E-state index contributed by atoms with van der Waals surface area (Å²) in [7, 11) is 1.57. The van der Waals surface area contributed by atoms with E-state index in [0.29, 0.717) is 12.5 Å². The lowest BCUT2D eigenvalue weighted by atomic mass is 9.93. The second-order valence-corrected chi connectivity index (χ2v) is 4.75. The van der Waals surface area contributed by atoms with Crippen LogP contribution in [0.15, 0.2) is 0 Å². The summed E-state index contributed by atoms with van der Waals surface area (Å²) in [6.07, 6.45) is 0.00887. The molecule has 3 unspecified atom stereocenters. The molecule has 0 bridgehead atoms. The van der Waals surface area contributed by atoms with E-state index in [9.17, 15) is 5.11 Å². The first-order valence-electron chi connectivity index (χ1n) is 5.36. The smallest absolute Gasteiger partial charge is 0.196 e. The third-order valence-electron chi connectivity index (χ3n) is 3.34. The van der Waals surface area contributed by atoms with Crippen molar-refractivity contribution in [2.45, 2.75) is 45.2 Å². The van der Waals surface area contributed by atoms with Crippen molar-refractivity contribution in [2.24, 2.45) is 5.92 Å². The SMILES string of the molecule is COC1(C)OC(C(C)C)COC1(C)CO. The molecule has 1 aliphatic heterocycles. The largest absolute Gasteiger partial charge is 0.393 e. The average Bonchev–Trinajstić information content (AvgIpc) is 2.22. The van der Waals surface area contributed by atoms with Gasteiger partial charge in [0.1, 0.15) is 5.60 Å². The Morgan fingerprint density at radius 2 is 2.07 bits per heavy atom. The van der Waals surface area contributed by atoms with Gasteiger partial charge in [0.15, 0.2) is 5.79 Å². The minimum absolute atomic E-state index is 0.00887. The number of aliphatic hydroxyl groups excluding tert-OH is 1. The van der Waals surface area contributed by atoms with Crippen LogP contribution in [0.25, 0.3) is 0 Å². The number of rotatable bonds is 3. The lowest BCUT2D eigenvalue weighted by molar-refractivity contribution is -0.377. The predicted molar refractivity (Wildman–Crippen MR) is 56.6 cm³/mol. The summed E-state index contributed by atoms with van der Waals surface area (Å²) in [6, 6.07) is 0. The van der Waals surface area contributed by atoms with Crippen molar-refractivity contribution in [3.8, 4) is 0 Å². The van der Waals surface area contributed by atoms with Gasteiger partial charge in [0.05, 0.1) is 19.3 Å². The van der Waals surface area contributed by atoms with Gasteiger partial charge in [-0.1, -0.05) is 13.8 Å². The molecule has 4 nitrogen and oxygen atoms in total. The maximum absolute atomic E-state index is 9.36. The van der Waals surface area contributed by atoms with Crippen LogP contribution in [0, 0.1) is 5.92 Å². The zero-order valence-electron chi connectivity index (χ0n) is 10.2. The van der Waals surface area contributed by atoms with Gasteiger partial charge in [0.2, 0.25) is 0 Å². The molecule has 1 aliphatic rings. The average molecular weight is 218 g/mol. The molecule has 0 amide bonds. The van der Waals surface area contributed by atoms with E-state index >= 15 is 0 Å². The van der Waals surface area contributed by atoms with E-state index < -0.39 is 11.4 Å². The molecule has 3 atom stereocenters. The Bertz CT molecular complexity index is 219. The number of aliphatic hydroxyl groups is 1. The van der Waals surface area contributed by atoms with Crippen LogP contribution in [0.2, 0.25) is 0 Å². The molecule has 4 heteroatoms. The summed E-state index contributed by atoms with van der Waals surface area (Å²) in [5.41, 5.74) is -0.798. The molecule has 0 aliphatic carbocycles. The minimum atomic E-state index is -0.894. The molecule has 0 aromatic carbocycles. The second-order valence-electron chi connectivity index (χ2n) is 4.75. The first-order chi connectivity index (χ1) is 6.88. The fourth-order valence-electron chi connectivity index (χ4n) is 1.63. The van der Waals surface area contributed by atoms with Crippen LogP contribution in [0.4, 0.5) is 0 Å². The highest BCUT2D eigenvalue weighted by atomic mass is 16.7. The van der Waals surface area contributed by atoms with Gasteiger partial charge >= 0.3 is 0 Å². The molecular formula is C11H22O4. The molecule has 0 aromatic rings. The van der Waals surface area contributed by atoms with Gasteiger partial charge < -0.3 is 19.3 Å². The quantitative estimate of drug-likeness (QED) is 0.772. The van der Waals surface area contributed by atoms with Crippen molar-refractivity contribution < 1.29 is 19.3 Å². The first-order valence-corrected chi connectivity index (χ1v) is 5.36. The molecule has 1 heterocycles. The normalized spacial score (nSPS) is 42.2.